The fraction of sp³-hybridized carbons (Fsp3) is 0.217. The summed E-state index contributed by atoms with van der Waals surface area (Å²) in [5, 5.41) is 17.5. The van der Waals surface area contributed by atoms with E-state index in [0.29, 0.717) is 0 Å². The van der Waals surface area contributed by atoms with Crippen molar-refractivity contribution in [2.24, 2.45) is 0 Å². The van der Waals surface area contributed by atoms with Crippen molar-refractivity contribution in [1.29, 1.82) is 0 Å². The summed E-state index contributed by atoms with van der Waals surface area (Å²) < 4.78 is 1.07. The molecule has 2 nitrogen and oxygen atoms in total. The van der Waals surface area contributed by atoms with Gasteiger partial charge in [0.1, 0.15) is 0 Å². The van der Waals surface area contributed by atoms with Gasteiger partial charge in [0.05, 0.1) is 0 Å². The molecular weight excluding hydrogens is 420 g/mol. The smallest absolute Gasteiger partial charge is 0.0471 e. The predicted molar refractivity (Wildman–Crippen MR) is 118 cm³/mol. The second-order valence-corrected chi connectivity index (χ2v) is 7.96. The van der Waals surface area contributed by atoms with Gasteiger partial charge >= 0.3 is 0 Å². The lowest BCUT2D eigenvalue weighted by Crippen LogP contribution is -1.90. The van der Waals surface area contributed by atoms with Crippen molar-refractivity contribution in [3.8, 4) is 0 Å². The van der Waals surface area contributed by atoms with Crippen LogP contribution in [0, 0.1) is 0 Å². The second kappa shape index (κ2) is 12.7. The highest BCUT2D eigenvalue weighted by atomic mass is 79.9. The van der Waals surface area contributed by atoms with Crippen LogP contribution in [0.5, 0.6) is 0 Å². The van der Waals surface area contributed by atoms with E-state index >= 15 is 0 Å². The van der Waals surface area contributed by atoms with Crippen LogP contribution in [0.25, 0.3) is 0 Å². The van der Waals surface area contributed by atoms with E-state index in [1.54, 1.807) is 0 Å². The highest BCUT2D eigenvalue weighted by Gasteiger charge is 1.98. The van der Waals surface area contributed by atoms with E-state index in [-0.39, 0.29) is 13.2 Å². The van der Waals surface area contributed by atoms with Gasteiger partial charge in [-0.05, 0) is 53.8 Å². The zero-order chi connectivity index (χ0) is 19.3. The summed E-state index contributed by atoms with van der Waals surface area (Å²) in [6, 6.07) is 26.8. The lowest BCUT2D eigenvalue weighted by atomic mass is 10.2. The number of halogens is 1. The third-order valence-corrected chi connectivity index (χ3v) is 5.39. The lowest BCUT2D eigenvalue weighted by Gasteiger charge is -2.04. The summed E-state index contributed by atoms with van der Waals surface area (Å²) >= 11 is 5.18. The van der Waals surface area contributed by atoms with Crippen LogP contribution in [0.1, 0.15) is 16.7 Å². The highest BCUT2D eigenvalue weighted by molar-refractivity contribution is 9.10. The molecule has 0 radical (unpaired) electrons. The van der Waals surface area contributed by atoms with E-state index < -0.39 is 0 Å². The number of aliphatic hydroxyl groups is 2. The Balaban J connectivity index is 0.000000223. The van der Waals surface area contributed by atoms with Crippen LogP contribution < -0.4 is 0 Å². The standard InChI is InChI=1S/C15H16OS.C8H9BrO/c16-10-9-13-7-4-8-15(11-13)17-12-14-5-2-1-3-6-14;9-8-3-1-2-7(6-8)4-5-10/h1-8,11,16H,9-10,12H2;1-3,6,10H,4-5H2. The summed E-state index contributed by atoms with van der Waals surface area (Å²) in [7, 11) is 0. The van der Waals surface area contributed by atoms with Crippen molar-refractivity contribution in [2.75, 3.05) is 13.2 Å². The van der Waals surface area contributed by atoms with Crippen molar-refractivity contribution in [1.82, 2.24) is 0 Å². The topological polar surface area (TPSA) is 40.5 Å². The minimum atomic E-state index is 0.215. The number of thioether (sulfide) groups is 1. The first-order valence-corrected chi connectivity index (χ1v) is 10.7. The molecule has 3 rings (SSSR count). The van der Waals surface area contributed by atoms with Crippen LogP contribution in [0.4, 0.5) is 0 Å². The minimum absolute atomic E-state index is 0.215. The highest BCUT2D eigenvalue weighted by Crippen LogP contribution is 2.23. The third-order valence-electron chi connectivity index (χ3n) is 3.84. The summed E-state index contributed by atoms with van der Waals surface area (Å²) in [6.45, 7) is 0.434. The van der Waals surface area contributed by atoms with Gasteiger partial charge in [-0.1, -0.05) is 70.5 Å². The lowest BCUT2D eigenvalue weighted by molar-refractivity contribution is 0.299. The number of rotatable bonds is 7. The van der Waals surface area contributed by atoms with Gasteiger partial charge in [-0.3, -0.25) is 0 Å². The first kappa shape index (κ1) is 21.7. The summed E-state index contributed by atoms with van der Waals surface area (Å²) in [5.74, 6) is 0.990. The van der Waals surface area contributed by atoms with Crippen LogP contribution >= 0.6 is 27.7 Å². The molecule has 0 unspecified atom stereocenters. The van der Waals surface area contributed by atoms with E-state index in [2.05, 4.69) is 64.5 Å². The zero-order valence-electron chi connectivity index (χ0n) is 15.2. The van der Waals surface area contributed by atoms with Gasteiger partial charge in [0.2, 0.25) is 0 Å². The first-order valence-electron chi connectivity index (χ1n) is 8.93. The number of hydrogen-bond acceptors (Lipinski definition) is 3. The number of hydrogen-bond donors (Lipinski definition) is 2. The molecule has 0 aromatic heterocycles. The zero-order valence-corrected chi connectivity index (χ0v) is 17.6. The fourth-order valence-corrected chi connectivity index (χ4v) is 3.86. The average molecular weight is 445 g/mol. The van der Waals surface area contributed by atoms with Gasteiger partial charge in [0.25, 0.3) is 0 Å². The van der Waals surface area contributed by atoms with Gasteiger partial charge < -0.3 is 10.2 Å². The molecule has 0 aliphatic rings. The van der Waals surface area contributed by atoms with E-state index in [0.717, 1.165) is 28.6 Å². The van der Waals surface area contributed by atoms with Gasteiger partial charge in [0, 0.05) is 28.3 Å². The maximum absolute atomic E-state index is 8.91. The molecule has 0 aliphatic heterocycles. The molecule has 3 aromatic rings. The van der Waals surface area contributed by atoms with Crippen molar-refractivity contribution in [3.63, 3.8) is 0 Å². The molecule has 0 spiro atoms. The predicted octanol–water partition coefficient (Wildman–Crippen LogP) is 5.50. The Hall–Kier alpha value is -1.59. The van der Waals surface area contributed by atoms with Crippen LogP contribution in [-0.2, 0) is 18.6 Å². The molecule has 142 valence electrons. The molecule has 27 heavy (non-hydrogen) atoms. The summed E-state index contributed by atoms with van der Waals surface area (Å²) in [4.78, 5) is 1.26. The molecule has 0 saturated carbocycles. The van der Waals surface area contributed by atoms with E-state index in [1.807, 2.05) is 42.1 Å². The Morgan fingerprint density at radius 1 is 0.667 bits per heavy atom. The third kappa shape index (κ3) is 8.76. The molecule has 0 amide bonds. The second-order valence-electron chi connectivity index (χ2n) is 6.00. The fourth-order valence-electron chi connectivity index (χ4n) is 2.48. The maximum atomic E-state index is 8.91. The molecule has 0 heterocycles. The first-order chi connectivity index (χ1) is 13.2. The monoisotopic (exact) mass is 444 g/mol. The molecule has 2 N–H and O–H groups in total. The quantitative estimate of drug-likeness (QED) is 0.472. The molecule has 0 atom stereocenters. The maximum Gasteiger partial charge on any atom is 0.0471 e. The molecule has 0 fully saturated rings. The average Bonchev–Trinajstić information content (AvgIpc) is 2.69. The summed E-state index contributed by atoms with van der Waals surface area (Å²) in [6.07, 6.45) is 1.47. The van der Waals surface area contributed by atoms with Gasteiger partial charge in [-0.15, -0.1) is 11.8 Å². The SMILES string of the molecule is OCCc1cccc(Br)c1.OCCc1cccc(SCc2ccccc2)c1. The Labute approximate surface area is 174 Å². The van der Waals surface area contributed by atoms with Crippen LogP contribution in [0.3, 0.4) is 0 Å². The number of aliphatic hydroxyl groups excluding tert-OH is 2. The van der Waals surface area contributed by atoms with Crippen molar-refractivity contribution in [2.45, 2.75) is 23.5 Å². The molecule has 4 heteroatoms. The van der Waals surface area contributed by atoms with Crippen LogP contribution in [0.15, 0.2) is 88.2 Å². The van der Waals surface area contributed by atoms with Crippen LogP contribution in [-0.4, -0.2) is 23.4 Å². The molecule has 0 saturated heterocycles. The van der Waals surface area contributed by atoms with Gasteiger partial charge in [0.15, 0.2) is 0 Å². The molecular formula is C23H25BrO2S. The molecule has 0 bridgehead atoms. The largest absolute Gasteiger partial charge is 0.396 e. The van der Waals surface area contributed by atoms with E-state index in [1.165, 1.54) is 16.0 Å². The van der Waals surface area contributed by atoms with Gasteiger partial charge in [-0.2, -0.15) is 0 Å². The summed E-state index contributed by atoms with van der Waals surface area (Å²) in [5.41, 5.74) is 3.70. The Morgan fingerprint density at radius 3 is 1.89 bits per heavy atom. The normalized spacial score (nSPS) is 10.2. The minimum Gasteiger partial charge on any atom is -0.396 e. The van der Waals surface area contributed by atoms with Crippen molar-refractivity contribution < 1.29 is 10.2 Å². The Morgan fingerprint density at radius 2 is 1.26 bits per heavy atom. The van der Waals surface area contributed by atoms with E-state index in [9.17, 15) is 0 Å². The Kier molecular flexibility index (Phi) is 10.2. The Bertz CT molecular complexity index is 793. The number of benzene rings is 3. The van der Waals surface area contributed by atoms with Crippen molar-refractivity contribution in [3.05, 3.63) is 100 Å². The van der Waals surface area contributed by atoms with Gasteiger partial charge in [-0.25, -0.2) is 0 Å². The van der Waals surface area contributed by atoms with Crippen LogP contribution in [0.2, 0.25) is 0 Å². The molecule has 0 aliphatic carbocycles. The van der Waals surface area contributed by atoms with Crippen molar-refractivity contribution >= 4 is 27.7 Å². The molecule has 3 aromatic carbocycles. The van der Waals surface area contributed by atoms with E-state index in [4.69, 9.17) is 10.2 Å².